The third-order valence-corrected chi connectivity index (χ3v) is 8.35. The fourth-order valence-corrected chi connectivity index (χ4v) is 6.74. The van der Waals surface area contributed by atoms with E-state index in [1.807, 2.05) is 30.3 Å². The summed E-state index contributed by atoms with van der Waals surface area (Å²) < 4.78 is 1.63. The van der Waals surface area contributed by atoms with E-state index in [0.29, 0.717) is 31.1 Å². The number of thioether (sulfide) groups is 1. The number of amides is 1. The molecule has 2 aliphatic rings. The molecule has 1 aliphatic carbocycles. The van der Waals surface area contributed by atoms with E-state index in [4.69, 9.17) is 10.1 Å². The van der Waals surface area contributed by atoms with Gasteiger partial charge in [-0.2, -0.15) is 0 Å². The van der Waals surface area contributed by atoms with Gasteiger partial charge in [0.05, 0.1) is 22.7 Å². The van der Waals surface area contributed by atoms with Gasteiger partial charge in [-0.15, -0.1) is 11.3 Å². The van der Waals surface area contributed by atoms with Crippen LogP contribution in [0, 0.1) is 5.92 Å². The van der Waals surface area contributed by atoms with Gasteiger partial charge < -0.3 is 10.0 Å². The van der Waals surface area contributed by atoms with Crippen LogP contribution in [0.5, 0.6) is 0 Å². The molecule has 0 radical (unpaired) electrons. The summed E-state index contributed by atoms with van der Waals surface area (Å²) in [6, 6.07) is 9.43. The van der Waals surface area contributed by atoms with Gasteiger partial charge in [0.1, 0.15) is 4.83 Å². The number of carboxylic acid groups (broad SMARTS) is 1. The highest BCUT2D eigenvalue weighted by atomic mass is 32.2. The van der Waals surface area contributed by atoms with Crippen molar-refractivity contribution in [2.75, 3.05) is 18.8 Å². The van der Waals surface area contributed by atoms with Crippen LogP contribution in [0.1, 0.15) is 29.7 Å². The van der Waals surface area contributed by atoms with Gasteiger partial charge in [0.15, 0.2) is 5.16 Å². The van der Waals surface area contributed by atoms with Crippen molar-refractivity contribution < 1.29 is 14.7 Å². The maximum Gasteiger partial charge on any atom is 0.306 e. The lowest BCUT2D eigenvalue weighted by atomic mass is 9.97. The molecule has 166 valence electrons. The quantitative estimate of drug-likeness (QED) is 0.455. The highest BCUT2D eigenvalue weighted by Gasteiger charge is 2.28. The minimum absolute atomic E-state index is 0.0542. The number of carboxylic acids is 1. The number of fused-ring (bicyclic) bond motifs is 3. The summed E-state index contributed by atoms with van der Waals surface area (Å²) in [5.74, 6) is -1.06. The van der Waals surface area contributed by atoms with Crippen molar-refractivity contribution in [3.05, 3.63) is 51.1 Å². The topological polar surface area (TPSA) is 92.5 Å². The highest BCUT2D eigenvalue weighted by molar-refractivity contribution is 7.99. The number of hydrogen-bond donors (Lipinski definition) is 1. The summed E-state index contributed by atoms with van der Waals surface area (Å²) in [6.45, 7) is 0.901. The second-order valence-electron chi connectivity index (χ2n) is 8.19. The van der Waals surface area contributed by atoms with Gasteiger partial charge in [-0.25, -0.2) is 4.98 Å². The molecule has 0 unspecified atom stereocenters. The van der Waals surface area contributed by atoms with Crippen molar-refractivity contribution >= 4 is 45.2 Å². The number of piperidine rings is 1. The predicted octanol–water partition coefficient (Wildman–Crippen LogP) is 3.35. The minimum atomic E-state index is -0.793. The number of likely N-dealkylation sites (tertiary alicyclic amines) is 1. The zero-order valence-electron chi connectivity index (χ0n) is 17.5. The number of thiophene rings is 1. The maximum absolute atomic E-state index is 13.6. The van der Waals surface area contributed by atoms with Crippen LogP contribution in [0.25, 0.3) is 15.9 Å². The summed E-state index contributed by atoms with van der Waals surface area (Å²) in [4.78, 5) is 46.1. The number of rotatable bonds is 5. The Hall–Kier alpha value is -2.65. The van der Waals surface area contributed by atoms with Crippen molar-refractivity contribution in [2.24, 2.45) is 5.92 Å². The first kappa shape index (κ1) is 21.2. The van der Waals surface area contributed by atoms with Crippen molar-refractivity contribution in [1.29, 1.82) is 0 Å². The number of aliphatic carboxylic acids is 1. The third kappa shape index (κ3) is 3.84. The number of carbonyl (C=O) groups excluding carboxylic acids is 1. The molecule has 1 N–H and O–H groups in total. The largest absolute Gasteiger partial charge is 0.481 e. The summed E-state index contributed by atoms with van der Waals surface area (Å²) in [5, 5.41) is 10.4. The van der Waals surface area contributed by atoms with E-state index in [9.17, 15) is 14.4 Å². The standard InChI is InChI=1S/C23H23N3O4S2/c27-18(25-11-9-14(10-12-25)22(29)30)13-31-23-24-20-19(16-7-4-8-17(16)32-20)21(28)26(23)15-5-2-1-3-6-15/h1-3,5-6,14H,4,7-13H2,(H,29,30). The molecule has 1 amide bonds. The molecule has 32 heavy (non-hydrogen) atoms. The first-order valence-electron chi connectivity index (χ1n) is 10.8. The zero-order chi connectivity index (χ0) is 22.2. The number of nitrogens with zero attached hydrogens (tertiary/aromatic N) is 3. The Labute approximate surface area is 193 Å². The van der Waals surface area contributed by atoms with Crippen LogP contribution in [0.2, 0.25) is 0 Å². The highest BCUT2D eigenvalue weighted by Crippen LogP contribution is 2.36. The second-order valence-corrected chi connectivity index (χ2v) is 10.2. The Bertz CT molecular complexity index is 1240. The van der Waals surface area contributed by atoms with E-state index in [1.165, 1.54) is 16.6 Å². The first-order valence-corrected chi connectivity index (χ1v) is 12.6. The molecule has 1 aliphatic heterocycles. The number of hydrogen-bond acceptors (Lipinski definition) is 6. The van der Waals surface area contributed by atoms with Gasteiger partial charge in [-0.3, -0.25) is 19.0 Å². The average Bonchev–Trinajstić information content (AvgIpc) is 3.39. The van der Waals surface area contributed by atoms with Crippen LogP contribution in [-0.2, 0) is 22.4 Å². The Morgan fingerprint density at radius 3 is 2.62 bits per heavy atom. The number of para-hydroxylation sites is 1. The van der Waals surface area contributed by atoms with Crippen molar-refractivity contribution in [3.8, 4) is 5.69 Å². The normalized spacial score (nSPS) is 16.4. The van der Waals surface area contributed by atoms with Crippen LogP contribution in [0.3, 0.4) is 0 Å². The van der Waals surface area contributed by atoms with Crippen molar-refractivity contribution in [2.45, 2.75) is 37.3 Å². The van der Waals surface area contributed by atoms with E-state index in [0.717, 1.165) is 40.7 Å². The molecule has 0 saturated carbocycles. The van der Waals surface area contributed by atoms with E-state index in [2.05, 4.69) is 0 Å². The first-order chi connectivity index (χ1) is 15.5. The number of carbonyl (C=O) groups is 2. The molecule has 1 saturated heterocycles. The molecule has 0 spiro atoms. The second kappa shape index (κ2) is 8.71. The molecule has 3 aromatic rings. The molecule has 9 heteroatoms. The molecule has 0 atom stereocenters. The Morgan fingerprint density at radius 1 is 1.16 bits per heavy atom. The lowest BCUT2D eigenvalue weighted by molar-refractivity contribution is -0.145. The summed E-state index contributed by atoms with van der Waals surface area (Å²) >= 11 is 2.87. The van der Waals surface area contributed by atoms with Crippen molar-refractivity contribution in [1.82, 2.24) is 14.5 Å². The molecule has 5 rings (SSSR count). The Morgan fingerprint density at radius 2 is 1.91 bits per heavy atom. The van der Waals surface area contributed by atoms with Crippen LogP contribution in [0.15, 0.2) is 40.3 Å². The third-order valence-electron chi connectivity index (χ3n) is 6.24. The predicted molar refractivity (Wildman–Crippen MR) is 125 cm³/mol. The molecule has 3 heterocycles. The van der Waals surface area contributed by atoms with Crippen LogP contribution >= 0.6 is 23.1 Å². The molecule has 1 fully saturated rings. The van der Waals surface area contributed by atoms with E-state index >= 15 is 0 Å². The van der Waals surface area contributed by atoms with Crippen LogP contribution in [-0.4, -0.2) is 50.3 Å². The van der Waals surface area contributed by atoms with Gasteiger partial charge in [-0.1, -0.05) is 30.0 Å². The van der Waals surface area contributed by atoms with E-state index in [-0.39, 0.29) is 23.1 Å². The lowest BCUT2D eigenvalue weighted by Gasteiger charge is -2.30. The van der Waals surface area contributed by atoms with E-state index < -0.39 is 5.97 Å². The van der Waals surface area contributed by atoms with E-state index in [1.54, 1.807) is 20.8 Å². The fourth-order valence-electron chi connectivity index (χ4n) is 4.52. The molecule has 7 nitrogen and oxygen atoms in total. The summed E-state index contributed by atoms with van der Waals surface area (Å²) in [6.07, 6.45) is 3.94. The lowest BCUT2D eigenvalue weighted by Crippen LogP contribution is -2.41. The van der Waals surface area contributed by atoms with Crippen LogP contribution < -0.4 is 5.56 Å². The Kier molecular flexibility index (Phi) is 5.77. The SMILES string of the molecule is O=C(O)C1CCN(C(=O)CSc2nc3sc4c(c3c(=O)n2-c2ccccc2)CCC4)CC1. The van der Waals surface area contributed by atoms with Gasteiger partial charge in [0.25, 0.3) is 5.56 Å². The molecular weight excluding hydrogens is 446 g/mol. The van der Waals surface area contributed by atoms with Gasteiger partial charge >= 0.3 is 5.97 Å². The monoisotopic (exact) mass is 469 g/mol. The number of aryl methyl sites for hydroxylation is 2. The smallest absolute Gasteiger partial charge is 0.306 e. The number of aromatic nitrogens is 2. The Balaban J connectivity index is 1.44. The van der Waals surface area contributed by atoms with Crippen LogP contribution in [0.4, 0.5) is 0 Å². The molecule has 1 aromatic carbocycles. The van der Waals surface area contributed by atoms with Crippen molar-refractivity contribution in [3.63, 3.8) is 0 Å². The molecular formula is C23H23N3O4S2. The fraction of sp³-hybridized carbons (Fsp3) is 0.391. The summed E-state index contributed by atoms with van der Waals surface area (Å²) in [5.41, 5.74) is 1.81. The minimum Gasteiger partial charge on any atom is -0.481 e. The summed E-state index contributed by atoms with van der Waals surface area (Å²) in [7, 11) is 0. The average molecular weight is 470 g/mol. The van der Waals surface area contributed by atoms with Gasteiger partial charge in [-0.05, 0) is 49.8 Å². The van der Waals surface area contributed by atoms with Gasteiger partial charge in [0, 0.05) is 18.0 Å². The molecule has 2 aromatic heterocycles. The molecule has 0 bridgehead atoms. The van der Waals surface area contributed by atoms with Gasteiger partial charge in [0.2, 0.25) is 5.91 Å². The number of benzene rings is 1. The maximum atomic E-state index is 13.6. The zero-order valence-corrected chi connectivity index (χ0v) is 19.1.